The lowest BCUT2D eigenvalue weighted by Crippen LogP contribution is -1.98. The van der Waals surface area contributed by atoms with Gasteiger partial charge in [-0.15, -0.1) is 0 Å². The summed E-state index contributed by atoms with van der Waals surface area (Å²) in [5.74, 6) is -0.627. The molecule has 1 aromatic rings. The molecule has 0 amide bonds. The summed E-state index contributed by atoms with van der Waals surface area (Å²) in [7, 11) is 0. The van der Waals surface area contributed by atoms with Gasteiger partial charge in [0.05, 0.1) is 9.50 Å². The Kier molecular flexibility index (Phi) is 3.45. The van der Waals surface area contributed by atoms with E-state index in [1.807, 2.05) is 0 Å². The van der Waals surface area contributed by atoms with E-state index in [4.69, 9.17) is 11.6 Å². The number of hydrogen-bond acceptors (Lipinski definition) is 1. The van der Waals surface area contributed by atoms with E-state index in [-0.39, 0.29) is 20.8 Å². The lowest BCUT2D eigenvalue weighted by molar-refractivity contribution is 0.0988. The molecule has 1 nitrogen and oxygen atoms in total. The van der Waals surface area contributed by atoms with Gasteiger partial charge >= 0.3 is 0 Å². The highest BCUT2D eigenvalue weighted by atomic mass is 79.9. The topological polar surface area (TPSA) is 17.1 Å². The van der Waals surface area contributed by atoms with E-state index in [9.17, 15) is 9.18 Å². The Morgan fingerprint density at radius 1 is 1.62 bits per heavy atom. The molecular weight excluding hydrogens is 258 g/mol. The molecule has 0 heterocycles. The van der Waals surface area contributed by atoms with Crippen molar-refractivity contribution in [1.82, 2.24) is 0 Å². The SMILES string of the molecule is CCC(=O)c1cc(F)c(Br)cc1Cl. The summed E-state index contributed by atoms with van der Waals surface area (Å²) in [6.07, 6.45) is 0.320. The highest BCUT2D eigenvalue weighted by Crippen LogP contribution is 2.25. The molecule has 0 atom stereocenters. The van der Waals surface area contributed by atoms with E-state index < -0.39 is 5.82 Å². The molecule has 0 aromatic heterocycles. The van der Waals surface area contributed by atoms with Crippen LogP contribution in [0.1, 0.15) is 23.7 Å². The Morgan fingerprint density at radius 3 is 2.77 bits per heavy atom. The smallest absolute Gasteiger partial charge is 0.164 e. The largest absolute Gasteiger partial charge is 0.294 e. The molecular formula is C9H7BrClFO. The van der Waals surface area contributed by atoms with Crippen LogP contribution in [0.25, 0.3) is 0 Å². The van der Waals surface area contributed by atoms with Gasteiger partial charge in [0.1, 0.15) is 5.82 Å². The van der Waals surface area contributed by atoms with Gasteiger partial charge in [0.15, 0.2) is 5.78 Å². The molecule has 4 heteroatoms. The Labute approximate surface area is 89.0 Å². The number of benzene rings is 1. The zero-order valence-corrected chi connectivity index (χ0v) is 9.25. The molecule has 70 valence electrons. The van der Waals surface area contributed by atoms with Gasteiger partial charge in [-0.1, -0.05) is 18.5 Å². The second kappa shape index (κ2) is 4.20. The van der Waals surface area contributed by atoms with E-state index >= 15 is 0 Å². The maximum Gasteiger partial charge on any atom is 0.164 e. The molecule has 0 aliphatic rings. The minimum Gasteiger partial charge on any atom is -0.294 e. The molecule has 0 unspecified atom stereocenters. The number of carbonyl (C=O) groups excluding carboxylic acids is 1. The van der Waals surface area contributed by atoms with E-state index in [2.05, 4.69) is 15.9 Å². The minimum atomic E-state index is -0.471. The molecule has 0 saturated heterocycles. The molecule has 0 aliphatic heterocycles. The zero-order valence-electron chi connectivity index (χ0n) is 6.90. The highest BCUT2D eigenvalue weighted by molar-refractivity contribution is 9.10. The summed E-state index contributed by atoms with van der Waals surface area (Å²) in [5, 5.41) is 0.278. The van der Waals surface area contributed by atoms with E-state index in [0.717, 1.165) is 6.07 Å². The fourth-order valence-corrected chi connectivity index (χ4v) is 1.67. The predicted octanol–water partition coefficient (Wildman–Crippen LogP) is 3.83. The molecule has 0 aliphatic carbocycles. The Bertz CT molecular complexity index is 352. The van der Waals surface area contributed by atoms with Crippen LogP contribution < -0.4 is 0 Å². The summed E-state index contributed by atoms with van der Waals surface area (Å²) in [5.41, 5.74) is 0.241. The van der Waals surface area contributed by atoms with Crippen molar-refractivity contribution in [2.75, 3.05) is 0 Å². The van der Waals surface area contributed by atoms with Crippen molar-refractivity contribution in [2.45, 2.75) is 13.3 Å². The van der Waals surface area contributed by atoms with Gasteiger partial charge in [-0.2, -0.15) is 0 Å². The van der Waals surface area contributed by atoms with Crippen molar-refractivity contribution in [3.63, 3.8) is 0 Å². The summed E-state index contributed by atoms with van der Waals surface area (Å²) in [4.78, 5) is 11.2. The number of rotatable bonds is 2. The van der Waals surface area contributed by atoms with Crippen LogP contribution in [0.3, 0.4) is 0 Å². The van der Waals surface area contributed by atoms with Gasteiger partial charge < -0.3 is 0 Å². The normalized spacial score (nSPS) is 10.2. The van der Waals surface area contributed by atoms with E-state index in [1.54, 1.807) is 6.92 Å². The summed E-state index contributed by atoms with van der Waals surface area (Å²) in [6, 6.07) is 2.54. The third kappa shape index (κ3) is 2.29. The number of Topliss-reactive ketones (excluding diaryl/α,β-unsaturated/α-hetero) is 1. The Hall–Kier alpha value is -0.410. The van der Waals surface area contributed by atoms with Gasteiger partial charge in [-0.25, -0.2) is 4.39 Å². The summed E-state index contributed by atoms with van der Waals surface area (Å²) >= 11 is 8.74. The highest BCUT2D eigenvalue weighted by Gasteiger charge is 2.11. The lowest BCUT2D eigenvalue weighted by Gasteiger charge is -2.02. The Morgan fingerprint density at radius 2 is 2.23 bits per heavy atom. The van der Waals surface area contributed by atoms with Crippen LogP contribution in [0.2, 0.25) is 5.02 Å². The molecule has 0 spiro atoms. The number of ketones is 1. The fraction of sp³-hybridized carbons (Fsp3) is 0.222. The number of hydrogen-bond donors (Lipinski definition) is 0. The third-order valence-corrected chi connectivity index (χ3v) is 2.55. The van der Waals surface area contributed by atoms with Crippen LogP contribution in [-0.4, -0.2) is 5.78 Å². The maximum atomic E-state index is 13.0. The van der Waals surface area contributed by atoms with Crippen LogP contribution >= 0.6 is 27.5 Å². The van der Waals surface area contributed by atoms with Crippen LogP contribution in [0, 0.1) is 5.82 Å². The minimum absolute atomic E-state index is 0.156. The summed E-state index contributed by atoms with van der Waals surface area (Å²) < 4.78 is 13.3. The molecule has 0 radical (unpaired) electrons. The number of halogens is 3. The molecule has 1 rings (SSSR count). The van der Waals surface area contributed by atoms with Crippen LogP contribution in [0.15, 0.2) is 16.6 Å². The number of carbonyl (C=O) groups is 1. The first-order valence-electron chi connectivity index (χ1n) is 3.74. The van der Waals surface area contributed by atoms with Crippen LogP contribution in [0.5, 0.6) is 0 Å². The van der Waals surface area contributed by atoms with Crippen molar-refractivity contribution in [3.05, 3.63) is 33.0 Å². The van der Waals surface area contributed by atoms with Gasteiger partial charge in [0, 0.05) is 12.0 Å². The molecule has 0 N–H and O–H groups in total. The zero-order chi connectivity index (χ0) is 10.0. The van der Waals surface area contributed by atoms with Crippen molar-refractivity contribution >= 4 is 33.3 Å². The van der Waals surface area contributed by atoms with E-state index in [0.29, 0.717) is 6.42 Å². The van der Waals surface area contributed by atoms with Crippen LogP contribution in [0.4, 0.5) is 4.39 Å². The average Bonchev–Trinajstić information content (AvgIpc) is 2.10. The first kappa shape index (κ1) is 10.7. The van der Waals surface area contributed by atoms with Crippen LogP contribution in [-0.2, 0) is 0 Å². The fourth-order valence-electron chi connectivity index (χ4n) is 0.927. The second-order valence-electron chi connectivity index (χ2n) is 2.52. The molecule has 0 bridgehead atoms. The lowest BCUT2D eigenvalue weighted by atomic mass is 10.1. The van der Waals surface area contributed by atoms with Gasteiger partial charge in [0.25, 0.3) is 0 Å². The first-order chi connectivity index (χ1) is 6.06. The molecule has 0 saturated carbocycles. The molecule has 0 fully saturated rings. The average molecular weight is 266 g/mol. The van der Waals surface area contributed by atoms with Crippen molar-refractivity contribution in [2.24, 2.45) is 0 Å². The molecule has 13 heavy (non-hydrogen) atoms. The first-order valence-corrected chi connectivity index (χ1v) is 4.91. The van der Waals surface area contributed by atoms with Crippen molar-refractivity contribution < 1.29 is 9.18 Å². The monoisotopic (exact) mass is 264 g/mol. The summed E-state index contributed by atoms with van der Waals surface area (Å²) in [6.45, 7) is 1.71. The predicted molar refractivity (Wildman–Crippen MR) is 53.7 cm³/mol. The van der Waals surface area contributed by atoms with Gasteiger partial charge in [-0.3, -0.25) is 4.79 Å². The standard InChI is InChI=1S/C9H7BrClFO/c1-2-9(13)5-3-8(12)6(10)4-7(5)11/h3-4H,2H2,1H3. The van der Waals surface area contributed by atoms with Crippen molar-refractivity contribution in [3.8, 4) is 0 Å². The molecule has 1 aromatic carbocycles. The van der Waals surface area contributed by atoms with Gasteiger partial charge in [-0.05, 0) is 28.1 Å². The van der Waals surface area contributed by atoms with Gasteiger partial charge in [0.2, 0.25) is 0 Å². The second-order valence-corrected chi connectivity index (χ2v) is 3.78. The van der Waals surface area contributed by atoms with E-state index in [1.165, 1.54) is 6.07 Å². The quantitative estimate of drug-likeness (QED) is 0.586. The van der Waals surface area contributed by atoms with Crippen molar-refractivity contribution in [1.29, 1.82) is 0 Å². The Balaban J connectivity index is 3.23. The third-order valence-electron chi connectivity index (χ3n) is 1.63. The maximum absolute atomic E-state index is 13.0.